The summed E-state index contributed by atoms with van der Waals surface area (Å²) in [6, 6.07) is 7.26. The van der Waals surface area contributed by atoms with Crippen LogP contribution in [0.2, 0.25) is 0 Å². The smallest absolute Gasteiger partial charge is 0.266 e. The molecule has 1 aromatic carbocycles. The number of carbonyl (C=O) groups excluding carboxylic acids is 2. The molecule has 2 aliphatic heterocycles. The summed E-state index contributed by atoms with van der Waals surface area (Å²) in [4.78, 5) is 28.9. The van der Waals surface area contributed by atoms with Crippen molar-refractivity contribution in [2.45, 2.75) is 30.9 Å². The zero-order chi connectivity index (χ0) is 25.5. The van der Waals surface area contributed by atoms with Crippen molar-refractivity contribution < 1.29 is 28.0 Å². The zero-order valence-corrected chi connectivity index (χ0v) is 21.3. The Morgan fingerprint density at radius 3 is 2.23 bits per heavy atom. The van der Waals surface area contributed by atoms with Crippen LogP contribution in [0.15, 0.2) is 24.3 Å². The van der Waals surface area contributed by atoms with E-state index >= 15 is 0 Å². The first-order valence-electron chi connectivity index (χ1n) is 12.1. The summed E-state index contributed by atoms with van der Waals surface area (Å²) in [5.41, 5.74) is 3.10. The van der Waals surface area contributed by atoms with Gasteiger partial charge in [-0.05, 0) is 43.5 Å². The number of rotatable bonds is 10. The molecule has 2 aliphatic rings. The largest absolute Gasteiger partial charge is 0.383 e. The minimum atomic E-state index is -4.01. The van der Waals surface area contributed by atoms with Gasteiger partial charge in [0.25, 0.3) is 11.8 Å². The molecule has 196 valence electrons. The van der Waals surface area contributed by atoms with E-state index in [-0.39, 0.29) is 31.8 Å². The van der Waals surface area contributed by atoms with Gasteiger partial charge in [0.15, 0.2) is 4.75 Å². The Morgan fingerprint density at radius 1 is 1.06 bits per heavy atom. The standard InChI is InChI=1S/C23H37N5O6S/c1-3-10-24-21(29)19-4-6-20(7-5-19)27-13-15-28(16-14-27)35(32,33)23(22(30)25-31)8-11-26(12-9-23)17-18-34-2/h4-7,31H,3,8-18H2,1-2H3,(H,24,29)(H,25,30). The first kappa shape index (κ1) is 27.3. The van der Waals surface area contributed by atoms with Crippen molar-refractivity contribution in [1.82, 2.24) is 20.0 Å². The van der Waals surface area contributed by atoms with Gasteiger partial charge in [0.1, 0.15) is 0 Å². The van der Waals surface area contributed by atoms with Crippen molar-refractivity contribution in [2.75, 3.05) is 71.0 Å². The minimum Gasteiger partial charge on any atom is -0.383 e. The maximum absolute atomic E-state index is 13.7. The van der Waals surface area contributed by atoms with Gasteiger partial charge in [0, 0.05) is 70.7 Å². The molecule has 2 amide bonds. The van der Waals surface area contributed by atoms with Gasteiger partial charge in [0.05, 0.1) is 6.61 Å². The molecule has 3 rings (SSSR count). The summed E-state index contributed by atoms with van der Waals surface area (Å²) in [6.45, 7) is 6.02. The van der Waals surface area contributed by atoms with Crippen molar-refractivity contribution in [1.29, 1.82) is 0 Å². The van der Waals surface area contributed by atoms with E-state index in [1.165, 1.54) is 4.31 Å². The quantitative estimate of drug-likeness (QED) is 0.301. The van der Waals surface area contributed by atoms with Crippen LogP contribution < -0.4 is 15.7 Å². The first-order valence-corrected chi connectivity index (χ1v) is 13.5. The molecule has 0 aliphatic carbocycles. The molecular formula is C23H37N5O6S. The van der Waals surface area contributed by atoms with Crippen LogP contribution in [0, 0.1) is 0 Å². The second-order valence-electron chi connectivity index (χ2n) is 8.96. The number of hydrogen-bond acceptors (Lipinski definition) is 8. The molecule has 11 nitrogen and oxygen atoms in total. The summed E-state index contributed by atoms with van der Waals surface area (Å²) in [7, 11) is -2.40. The summed E-state index contributed by atoms with van der Waals surface area (Å²) in [5, 5.41) is 12.2. The van der Waals surface area contributed by atoms with E-state index < -0.39 is 20.7 Å². The van der Waals surface area contributed by atoms with E-state index in [1.54, 1.807) is 24.7 Å². The van der Waals surface area contributed by atoms with Crippen LogP contribution >= 0.6 is 0 Å². The van der Waals surface area contributed by atoms with Crippen LogP contribution in [0.1, 0.15) is 36.5 Å². The molecule has 3 N–H and O–H groups in total. The molecular weight excluding hydrogens is 474 g/mol. The molecule has 0 saturated carbocycles. The number of carbonyl (C=O) groups is 2. The Kier molecular flexibility index (Phi) is 9.47. The van der Waals surface area contributed by atoms with E-state index in [0.29, 0.717) is 51.4 Å². The second-order valence-corrected chi connectivity index (χ2v) is 11.2. The zero-order valence-electron chi connectivity index (χ0n) is 20.5. The lowest BCUT2D eigenvalue weighted by molar-refractivity contribution is -0.133. The lowest BCUT2D eigenvalue weighted by Gasteiger charge is -2.44. The summed E-state index contributed by atoms with van der Waals surface area (Å²) in [5.74, 6) is -0.988. The molecule has 12 heteroatoms. The Hall–Kier alpha value is -2.25. The minimum absolute atomic E-state index is 0.104. The number of hydrogen-bond donors (Lipinski definition) is 3. The maximum atomic E-state index is 13.7. The van der Waals surface area contributed by atoms with Gasteiger partial charge in [-0.15, -0.1) is 0 Å². The number of sulfonamides is 1. The molecule has 0 aromatic heterocycles. The third-order valence-electron chi connectivity index (χ3n) is 6.89. The number of piperidine rings is 1. The molecule has 0 bridgehead atoms. The van der Waals surface area contributed by atoms with Crippen LogP contribution in [-0.4, -0.2) is 105 Å². The number of anilines is 1. The third-order valence-corrected chi connectivity index (χ3v) is 9.52. The Morgan fingerprint density at radius 2 is 1.69 bits per heavy atom. The van der Waals surface area contributed by atoms with Crippen molar-refractivity contribution in [2.24, 2.45) is 0 Å². The fourth-order valence-corrected chi connectivity index (χ4v) is 6.78. The number of benzene rings is 1. The number of methoxy groups -OCH3 is 1. The van der Waals surface area contributed by atoms with Crippen molar-refractivity contribution in [3.05, 3.63) is 29.8 Å². The van der Waals surface area contributed by atoms with Gasteiger partial charge in [-0.1, -0.05) is 6.92 Å². The van der Waals surface area contributed by atoms with Gasteiger partial charge in [-0.3, -0.25) is 14.8 Å². The average Bonchev–Trinajstić information content (AvgIpc) is 2.90. The van der Waals surface area contributed by atoms with Gasteiger partial charge in [-0.2, -0.15) is 4.31 Å². The van der Waals surface area contributed by atoms with E-state index in [9.17, 15) is 23.2 Å². The number of likely N-dealkylation sites (tertiary alicyclic amines) is 1. The van der Waals surface area contributed by atoms with Crippen molar-refractivity contribution in [3.63, 3.8) is 0 Å². The molecule has 2 saturated heterocycles. The summed E-state index contributed by atoms with van der Waals surface area (Å²) in [6.07, 6.45) is 1.07. The van der Waals surface area contributed by atoms with Crippen LogP contribution in [0.3, 0.4) is 0 Å². The lowest BCUT2D eigenvalue weighted by Crippen LogP contribution is -2.63. The van der Waals surface area contributed by atoms with E-state index in [2.05, 4.69) is 15.1 Å². The number of nitrogens with zero attached hydrogens (tertiary/aromatic N) is 3. The summed E-state index contributed by atoms with van der Waals surface area (Å²) < 4.78 is 32.1. The van der Waals surface area contributed by atoms with Crippen LogP contribution in [-0.2, 0) is 19.6 Å². The number of ether oxygens (including phenoxy) is 1. The maximum Gasteiger partial charge on any atom is 0.266 e. The van der Waals surface area contributed by atoms with Crippen LogP contribution in [0.25, 0.3) is 0 Å². The number of nitrogens with one attached hydrogen (secondary N) is 2. The van der Waals surface area contributed by atoms with Gasteiger partial charge < -0.3 is 19.9 Å². The van der Waals surface area contributed by atoms with Crippen LogP contribution in [0.4, 0.5) is 5.69 Å². The van der Waals surface area contributed by atoms with Gasteiger partial charge >= 0.3 is 0 Å². The normalized spacial score (nSPS) is 19.3. The highest BCUT2D eigenvalue weighted by atomic mass is 32.2. The van der Waals surface area contributed by atoms with Crippen molar-refractivity contribution in [3.8, 4) is 0 Å². The van der Waals surface area contributed by atoms with Gasteiger partial charge in [0.2, 0.25) is 10.0 Å². The highest BCUT2D eigenvalue weighted by Gasteiger charge is 2.55. The fraction of sp³-hybridized carbons (Fsp3) is 0.652. The predicted molar refractivity (Wildman–Crippen MR) is 132 cm³/mol. The monoisotopic (exact) mass is 511 g/mol. The Bertz CT molecular complexity index is 955. The molecule has 0 spiro atoms. The van der Waals surface area contributed by atoms with E-state index in [1.807, 2.05) is 19.1 Å². The first-order chi connectivity index (χ1) is 16.8. The van der Waals surface area contributed by atoms with E-state index in [4.69, 9.17) is 4.74 Å². The predicted octanol–water partition coefficient (Wildman–Crippen LogP) is 0.265. The number of piperazine rings is 1. The summed E-state index contributed by atoms with van der Waals surface area (Å²) >= 11 is 0. The SMILES string of the molecule is CCCNC(=O)c1ccc(N2CCN(S(=O)(=O)C3(C(=O)NO)CCN(CCOC)CC3)CC2)cc1. The molecule has 2 fully saturated rings. The second kappa shape index (κ2) is 12.1. The molecule has 35 heavy (non-hydrogen) atoms. The lowest BCUT2D eigenvalue weighted by atomic mass is 9.95. The third kappa shape index (κ3) is 5.95. The molecule has 0 unspecified atom stereocenters. The average molecular weight is 512 g/mol. The Labute approximate surface area is 207 Å². The fourth-order valence-electron chi connectivity index (χ4n) is 4.66. The highest BCUT2D eigenvalue weighted by molar-refractivity contribution is 7.91. The van der Waals surface area contributed by atoms with Crippen molar-refractivity contribution >= 4 is 27.5 Å². The molecule has 2 heterocycles. The Balaban J connectivity index is 1.65. The number of hydroxylamine groups is 1. The molecule has 0 atom stereocenters. The van der Waals surface area contributed by atoms with E-state index in [0.717, 1.165) is 12.1 Å². The van der Waals surface area contributed by atoms with Gasteiger partial charge in [-0.25, -0.2) is 13.9 Å². The van der Waals surface area contributed by atoms with Crippen LogP contribution in [0.5, 0.6) is 0 Å². The molecule has 0 radical (unpaired) electrons. The molecule has 1 aromatic rings. The number of amides is 2. The topological polar surface area (TPSA) is 132 Å². The highest BCUT2D eigenvalue weighted by Crippen LogP contribution is 2.34.